The van der Waals surface area contributed by atoms with Crippen LogP contribution < -0.4 is 5.73 Å². The van der Waals surface area contributed by atoms with Crippen LogP contribution in [0.5, 0.6) is 0 Å². The van der Waals surface area contributed by atoms with Crippen LogP contribution in [0.25, 0.3) is 0 Å². The molecule has 1 rings (SSSR count). The standard InChI is InChI=1S/C9H10BrF2NO2/c10-3-7(14)9(15)8-5(11)1-4(13)2-6(8)12/h1-2,7,9,14-15H,3,13H2. The van der Waals surface area contributed by atoms with Crippen LogP contribution in [-0.4, -0.2) is 21.6 Å². The van der Waals surface area contributed by atoms with Crippen LogP contribution in [0, 0.1) is 11.6 Å². The fraction of sp³-hybridized carbons (Fsp3) is 0.333. The molecule has 0 heterocycles. The summed E-state index contributed by atoms with van der Waals surface area (Å²) in [5.41, 5.74) is 4.56. The summed E-state index contributed by atoms with van der Waals surface area (Å²) in [6.07, 6.45) is -2.90. The summed E-state index contributed by atoms with van der Waals surface area (Å²) in [6.45, 7) is 0. The summed E-state index contributed by atoms with van der Waals surface area (Å²) in [4.78, 5) is 0. The minimum absolute atomic E-state index is 0.0113. The second-order valence-corrected chi connectivity index (χ2v) is 3.71. The highest BCUT2D eigenvalue weighted by molar-refractivity contribution is 9.09. The molecule has 4 N–H and O–H groups in total. The maximum Gasteiger partial charge on any atom is 0.134 e. The SMILES string of the molecule is Nc1cc(F)c(C(O)C(O)CBr)c(F)c1. The molecule has 0 amide bonds. The van der Waals surface area contributed by atoms with E-state index in [0.717, 1.165) is 12.1 Å². The van der Waals surface area contributed by atoms with Gasteiger partial charge in [-0.25, -0.2) is 8.78 Å². The Balaban J connectivity index is 3.13. The van der Waals surface area contributed by atoms with E-state index in [2.05, 4.69) is 15.9 Å². The predicted molar refractivity (Wildman–Crippen MR) is 55.5 cm³/mol. The van der Waals surface area contributed by atoms with Crippen molar-refractivity contribution in [3.8, 4) is 0 Å². The second-order valence-electron chi connectivity index (χ2n) is 3.06. The van der Waals surface area contributed by atoms with Gasteiger partial charge in [0.2, 0.25) is 0 Å². The normalized spacial score (nSPS) is 15.0. The van der Waals surface area contributed by atoms with Crippen molar-refractivity contribution in [3.63, 3.8) is 0 Å². The molecular formula is C9H10BrF2NO2. The highest BCUT2D eigenvalue weighted by Crippen LogP contribution is 2.26. The van der Waals surface area contributed by atoms with Crippen LogP contribution in [0.4, 0.5) is 14.5 Å². The molecule has 0 bridgehead atoms. The van der Waals surface area contributed by atoms with Crippen LogP contribution in [0.15, 0.2) is 12.1 Å². The molecule has 0 radical (unpaired) electrons. The van der Waals surface area contributed by atoms with E-state index in [1.807, 2.05) is 0 Å². The Bertz CT molecular complexity index is 339. The van der Waals surface area contributed by atoms with Crippen molar-refractivity contribution >= 4 is 21.6 Å². The minimum Gasteiger partial charge on any atom is -0.399 e. The molecule has 0 aliphatic heterocycles. The molecule has 0 aromatic heterocycles. The van der Waals surface area contributed by atoms with Gasteiger partial charge in [-0.2, -0.15) is 0 Å². The molecule has 3 nitrogen and oxygen atoms in total. The predicted octanol–water partition coefficient (Wildman–Crippen LogP) is 1.34. The van der Waals surface area contributed by atoms with Gasteiger partial charge in [0, 0.05) is 11.0 Å². The van der Waals surface area contributed by atoms with Gasteiger partial charge in [0.05, 0.1) is 11.7 Å². The molecule has 84 valence electrons. The number of rotatable bonds is 3. The van der Waals surface area contributed by atoms with Crippen molar-refractivity contribution in [2.45, 2.75) is 12.2 Å². The Labute approximate surface area is 93.7 Å². The first kappa shape index (κ1) is 12.4. The van der Waals surface area contributed by atoms with Gasteiger partial charge in [0.15, 0.2) is 0 Å². The fourth-order valence-corrected chi connectivity index (χ4v) is 1.52. The Morgan fingerprint density at radius 3 is 2.13 bits per heavy atom. The van der Waals surface area contributed by atoms with Crippen LogP contribution in [0.3, 0.4) is 0 Å². The third-order valence-corrected chi connectivity index (χ3v) is 2.58. The molecular weight excluding hydrogens is 272 g/mol. The van der Waals surface area contributed by atoms with Gasteiger partial charge < -0.3 is 15.9 Å². The Hall–Kier alpha value is -0.720. The Morgan fingerprint density at radius 1 is 1.27 bits per heavy atom. The molecule has 2 atom stereocenters. The zero-order chi connectivity index (χ0) is 11.6. The molecule has 0 spiro atoms. The number of aliphatic hydroxyl groups excluding tert-OH is 2. The third kappa shape index (κ3) is 2.64. The lowest BCUT2D eigenvalue weighted by Gasteiger charge is -2.17. The number of aliphatic hydroxyl groups is 2. The molecule has 0 saturated heterocycles. The average Bonchev–Trinajstić information content (AvgIpc) is 2.14. The molecule has 0 aliphatic rings. The van der Waals surface area contributed by atoms with Crippen molar-refractivity contribution in [2.75, 3.05) is 11.1 Å². The summed E-state index contributed by atoms with van der Waals surface area (Å²) in [7, 11) is 0. The Morgan fingerprint density at radius 2 is 1.73 bits per heavy atom. The van der Waals surface area contributed by atoms with Crippen molar-refractivity contribution in [1.82, 2.24) is 0 Å². The van der Waals surface area contributed by atoms with E-state index in [9.17, 15) is 19.0 Å². The van der Waals surface area contributed by atoms with E-state index >= 15 is 0 Å². The molecule has 0 aliphatic carbocycles. The van der Waals surface area contributed by atoms with Gasteiger partial charge in [-0.3, -0.25) is 0 Å². The summed E-state index contributed by atoms with van der Waals surface area (Å²) in [5, 5.41) is 18.7. The van der Waals surface area contributed by atoms with E-state index in [1.54, 1.807) is 0 Å². The number of nitrogen functional groups attached to an aromatic ring is 1. The smallest absolute Gasteiger partial charge is 0.134 e. The van der Waals surface area contributed by atoms with E-state index in [4.69, 9.17) is 5.73 Å². The van der Waals surface area contributed by atoms with Gasteiger partial charge in [-0.15, -0.1) is 0 Å². The number of nitrogens with two attached hydrogens (primary N) is 1. The largest absolute Gasteiger partial charge is 0.399 e. The summed E-state index contributed by atoms with van der Waals surface area (Å²) in [5.74, 6) is -1.94. The lowest BCUT2D eigenvalue weighted by Crippen LogP contribution is -2.21. The second kappa shape index (κ2) is 4.87. The lowest BCUT2D eigenvalue weighted by atomic mass is 10.0. The van der Waals surface area contributed by atoms with Gasteiger partial charge >= 0.3 is 0 Å². The van der Waals surface area contributed by atoms with Gasteiger partial charge in [0.1, 0.15) is 17.7 Å². The molecule has 6 heteroatoms. The van der Waals surface area contributed by atoms with Crippen LogP contribution in [0.1, 0.15) is 11.7 Å². The van der Waals surface area contributed by atoms with E-state index < -0.39 is 29.4 Å². The average molecular weight is 282 g/mol. The monoisotopic (exact) mass is 281 g/mol. The van der Waals surface area contributed by atoms with E-state index in [1.165, 1.54) is 0 Å². The molecule has 1 aromatic rings. The summed E-state index contributed by atoms with van der Waals surface area (Å²) >= 11 is 2.90. The first-order chi connectivity index (χ1) is 6.97. The van der Waals surface area contributed by atoms with Crippen molar-refractivity contribution in [3.05, 3.63) is 29.3 Å². The maximum atomic E-state index is 13.3. The van der Waals surface area contributed by atoms with Gasteiger partial charge in [-0.05, 0) is 12.1 Å². The quantitative estimate of drug-likeness (QED) is 0.579. The van der Waals surface area contributed by atoms with Crippen molar-refractivity contribution in [2.24, 2.45) is 0 Å². The number of hydrogen-bond donors (Lipinski definition) is 3. The molecule has 0 fully saturated rings. The molecule has 2 unspecified atom stereocenters. The lowest BCUT2D eigenvalue weighted by molar-refractivity contribution is 0.0296. The summed E-state index contributed by atoms with van der Waals surface area (Å²) in [6, 6.07) is 1.78. The van der Waals surface area contributed by atoms with E-state index in [0.29, 0.717) is 0 Å². The molecule has 0 saturated carbocycles. The zero-order valence-electron chi connectivity index (χ0n) is 7.62. The third-order valence-electron chi connectivity index (χ3n) is 1.92. The highest BCUT2D eigenvalue weighted by Gasteiger charge is 2.24. The number of benzene rings is 1. The minimum atomic E-state index is -1.62. The molecule has 15 heavy (non-hydrogen) atoms. The Kier molecular flexibility index (Phi) is 4.01. The van der Waals surface area contributed by atoms with Crippen LogP contribution in [-0.2, 0) is 0 Å². The van der Waals surface area contributed by atoms with Crippen molar-refractivity contribution in [1.29, 1.82) is 0 Å². The highest BCUT2D eigenvalue weighted by atomic mass is 79.9. The number of alkyl halides is 1. The molecule has 1 aromatic carbocycles. The topological polar surface area (TPSA) is 66.5 Å². The van der Waals surface area contributed by atoms with Gasteiger partial charge in [0.25, 0.3) is 0 Å². The number of halogens is 3. The first-order valence-electron chi connectivity index (χ1n) is 4.14. The number of anilines is 1. The van der Waals surface area contributed by atoms with Crippen LogP contribution >= 0.6 is 15.9 Å². The zero-order valence-corrected chi connectivity index (χ0v) is 9.21. The maximum absolute atomic E-state index is 13.3. The van der Waals surface area contributed by atoms with Crippen molar-refractivity contribution < 1.29 is 19.0 Å². The van der Waals surface area contributed by atoms with E-state index in [-0.39, 0.29) is 11.0 Å². The summed E-state index contributed by atoms with van der Waals surface area (Å²) < 4.78 is 26.5. The first-order valence-corrected chi connectivity index (χ1v) is 5.26. The number of hydrogen-bond acceptors (Lipinski definition) is 3. The van der Waals surface area contributed by atoms with Crippen LogP contribution in [0.2, 0.25) is 0 Å². The van der Waals surface area contributed by atoms with Gasteiger partial charge in [-0.1, -0.05) is 15.9 Å². The fourth-order valence-electron chi connectivity index (χ4n) is 1.16.